The molecule has 1 amide bonds. The van der Waals surface area contributed by atoms with Crippen molar-refractivity contribution in [2.45, 2.75) is 6.92 Å². The normalized spacial score (nSPS) is 10.2. The summed E-state index contributed by atoms with van der Waals surface area (Å²) in [6.07, 6.45) is 2.28. The highest BCUT2D eigenvalue weighted by Gasteiger charge is 2.12. The van der Waals surface area contributed by atoms with E-state index in [9.17, 15) is 9.18 Å². The van der Waals surface area contributed by atoms with Gasteiger partial charge in [0.15, 0.2) is 5.82 Å². The van der Waals surface area contributed by atoms with E-state index < -0.39 is 11.7 Å². The largest absolute Gasteiger partial charge is 0.394 e. The van der Waals surface area contributed by atoms with Crippen LogP contribution in [0.1, 0.15) is 16.1 Å². The molecule has 4 N–H and O–H groups in total. The Morgan fingerprint density at radius 1 is 1.53 bits per heavy atom. The predicted molar refractivity (Wildman–Crippen MR) is 59.9 cm³/mol. The number of aromatic nitrogens is 3. The molecule has 7 heteroatoms. The molecule has 2 aromatic heterocycles. The summed E-state index contributed by atoms with van der Waals surface area (Å²) in [6.45, 7) is 1.72. The van der Waals surface area contributed by atoms with Crippen LogP contribution in [-0.2, 0) is 0 Å². The van der Waals surface area contributed by atoms with Gasteiger partial charge in [-0.1, -0.05) is 0 Å². The van der Waals surface area contributed by atoms with Crippen LogP contribution in [0, 0.1) is 12.7 Å². The zero-order valence-corrected chi connectivity index (χ0v) is 8.99. The molecule has 2 rings (SSSR count). The van der Waals surface area contributed by atoms with Gasteiger partial charge in [-0.3, -0.25) is 14.9 Å². The number of nitrogen functional groups attached to an aromatic ring is 1. The van der Waals surface area contributed by atoms with Gasteiger partial charge in [0.1, 0.15) is 5.82 Å². The fourth-order valence-electron chi connectivity index (χ4n) is 1.25. The lowest BCUT2D eigenvalue weighted by Gasteiger charge is -2.02. The third kappa shape index (κ3) is 2.22. The quantitative estimate of drug-likeness (QED) is 0.725. The Bertz CT molecular complexity index is 566. The molecule has 0 saturated carbocycles. The van der Waals surface area contributed by atoms with Crippen LogP contribution in [0.25, 0.3) is 0 Å². The molecule has 0 unspecified atom stereocenters. The Labute approximate surface area is 96.1 Å². The average molecular weight is 235 g/mol. The number of amides is 1. The van der Waals surface area contributed by atoms with E-state index in [0.717, 1.165) is 12.3 Å². The Kier molecular flexibility index (Phi) is 2.73. The van der Waals surface area contributed by atoms with Gasteiger partial charge in [0, 0.05) is 6.20 Å². The Hall–Kier alpha value is -2.44. The summed E-state index contributed by atoms with van der Waals surface area (Å²) < 4.78 is 12.9. The highest BCUT2D eigenvalue weighted by Crippen LogP contribution is 2.18. The molecule has 0 spiro atoms. The fraction of sp³-hybridized carbons (Fsp3) is 0.100. The van der Waals surface area contributed by atoms with Crippen LogP contribution in [0.4, 0.5) is 15.9 Å². The molecular weight excluding hydrogens is 225 g/mol. The number of carbonyl (C=O) groups excluding carboxylic acids is 1. The summed E-state index contributed by atoms with van der Waals surface area (Å²) in [7, 11) is 0. The van der Waals surface area contributed by atoms with E-state index in [-0.39, 0.29) is 11.4 Å². The molecule has 6 nitrogen and oxygen atoms in total. The minimum absolute atomic E-state index is 0.102. The number of aryl methyl sites for hydroxylation is 1. The van der Waals surface area contributed by atoms with Gasteiger partial charge in [0.25, 0.3) is 5.91 Å². The van der Waals surface area contributed by atoms with Crippen molar-refractivity contribution in [3.05, 3.63) is 35.5 Å². The number of nitrogens with two attached hydrogens (primary N) is 1. The van der Waals surface area contributed by atoms with Gasteiger partial charge >= 0.3 is 0 Å². The van der Waals surface area contributed by atoms with E-state index in [1.165, 1.54) is 6.20 Å². The molecule has 2 heterocycles. The fourth-order valence-corrected chi connectivity index (χ4v) is 1.25. The topological polar surface area (TPSA) is 96.7 Å². The van der Waals surface area contributed by atoms with Gasteiger partial charge in [-0.25, -0.2) is 4.39 Å². The Balaban J connectivity index is 2.20. The van der Waals surface area contributed by atoms with E-state index in [1.807, 2.05) is 0 Å². The first-order chi connectivity index (χ1) is 8.08. The Morgan fingerprint density at radius 2 is 2.29 bits per heavy atom. The van der Waals surface area contributed by atoms with Crippen molar-refractivity contribution < 1.29 is 9.18 Å². The molecule has 0 atom stereocenters. The van der Waals surface area contributed by atoms with E-state index >= 15 is 0 Å². The molecule has 0 saturated heterocycles. The number of carbonyl (C=O) groups is 1. The number of aromatic amines is 1. The summed E-state index contributed by atoms with van der Waals surface area (Å²) in [6, 6.07) is 1.08. The maximum absolute atomic E-state index is 12.9. The smallest absolute Gasteiger partial charge is 0.258 e. The molecule has 0 aromatic carbocycles. The minimum atomic E-state index is -0.580. The van der Waals surface area contributed by atoms with Crippen molar-refractivity contribution in [2.75, 3.05) is 11.1 Å². The number of hydrogen-bond donors (Lipinski definition) is 3. The highest BCUT2D eigenvalue weighted by molar-refractivity contribution is 6.04. The summed E-state index contributed by atoms with van der Waals surface area (Å²) >= 11 is 0. The maximum atomic E-state index is 12.9. The van der Waals surface area contributed by atoms with Crippen LogP contribution in [0.3, 0.4) is 0 Å². The maximum Gasteiger partial charge on any atom is 0.258 e. The van der Waals surface area contributed by atoms with Crippen LogP contribution < -0.4 is 11.1 Å². The molecule has 0 aliphatic carbocycles. The Morgan fingerprint density at radius 3 is 2.88 bits per heavy atom. The van der Waals surface area contributed by atoms with Crippen LogP contribution in [0.5, 0.6) is 0 Å². The molecule has 0 bridgehead atoms. The molecule has 0 radical (unpaired) electrons. The van der Waals surface area contributed by atoms with Crippen LogP contribution >= 0.6 is 0 Å². The third-order valence-corrected chi connectivity index (χ3v) is 2.19. The molecule has 0 aliphatic heterocycles. The van der Waals surface area contributed by atoms with E-state index in [1.54, 1.807) is 6.92 Å². The first-order valence-corrected chi connectivity index (χ1v) is 4.80. The van der Waals surface area contributed by atoms with Crippen LogP contribution in [0.15, 0.2) is 18.5 Å². The predicted octanol–water partition coefficient (Wildman–Crippen LogP) is 1.09. The molecule has 88 valence electrons. The average Bonchev–Trinajstić information content (AvgIpc) is 2.61. The monoisotopic (exact) mass is 235 g/mol. The van der Waals surface area contributed by atoms with Gasteiger partial charge in [-0.05, 0) is 13.0 Å². The molecular formula is C10H10FN5O. The number of pyridine rings is 1. The lowest BCUT2D eigenvalue weighted by atomic mass is 10.2. The third-order valence-electron chi connectivity index (χ3n) is 2.19. The minimum Gasteiger partial charge on any atom is -0.394 e. The van der Waals surface area contributed by atoms with Crippen LogP contribution in [0.2, 0.25) is 0 Å². The van der Waals surface area contributed by atoms with Crippen molar-refractivity contribution in [2.24, 2.45) is 0 Å². The number of H-pyrrole nitrogens is 1. The second-order valence-corrected chi connectivity index (χ2v) is 3.46. The SMILES string of the molecule is Cc1[nH]nc(NC(=O)c2cncc(F)c2)c1N. The van der Waals surface area contributed by atoms with E-state index in [4.69, 9.17) is 5.73 Å². The molecule has 0 aliphatic rings. The van der Waals surface area contributed by atoms with Gasteiger partial charge in [-0.2, -0.15) is 5.10 Å². The first kappa shape index (κ1) is 11.1. The van der Waals surface area contributed by atoms with Crippen molar-refractivity contribution in [1.82, 2.24) is 15.2 Å². The number of halogens is 1. The summed E-state index contributed by atoms with van der Waals surface area (Å²) in [5.74, 6) is -0.879. The van der Waals surface area contributed by atoms with Gasteiger partial charge in [0.05, 0.1) is 23.1 Å². The zero-order valence-electron chi connectivity index (χ0n) is 8.99. The van der Waals surface area contributed by atoms with Gasteiger partial charge < -0.3 is 11.1 Å². The second kappa shape index (κ2) is 4.20. The lowest BCUT2D eigenvalue weighted by Crippen LogP contribution is -2.13. The lowest BCUT2D eigenvalue weighted by molar-refractivity contribution is 0.102. The van der Waals surface area contributed by atoms with Crippen molar-refractivity contribution in [1.29, 1.82) is 0 Å². The highest BCUT2D eigenvalue weighted by atomic mass is 19.1. The standard InChI is InChI=1S/C10H10FN5O/c1-5-8(12)9(16-15-5)14-10(17)6-2-7(11)4-13-3-6/h2-4H,12H2,1H3,(H2,14,15,16,17). The van der Waals surface area contributed by atoms with Crippen molar-refractivity contribution in [3.8, 4) is 0 Å². The summed E-state index contributed by atoms with van der Waals surface area (Å²) in [5, 5.41) is 8.89. The van der Waals surface area contributed by atoms with Crippen molar-refractivity contribution >= 4 is 17.4 Å². The van der Waals surface area contributed by atoms with Crippen LogP contribution in [-0.4, -0.2) is 21.1 Å². The second-order valence-electron chi connectivity index (χ2n) is 3.46. The first-order valence-electron chi connectivity index (χ1n) is 4.80. The molecule has 0 fully saturated rings. The number of hydrogen-bond acceptors (Lipinski definition) is 4. The van der Waals surface area contributed by atoms with E-state index in [2.05, 4.69) is 20.5 Å². The number of anilines is 2. The van der Waals surface area contributed by atoms with Crippen molar-refractivity contribution in [3.63, 3.8) is 0 Å². The molecule has 2 aromatic rings. The summed E-state index contributed by atoms with van der Waals surface area (Å²) in [4.78, 5) is 15.3. The zero-order chi connectivity index (χ0) is 12.4. The number of nitrogens with one attached hydrogen (secondary N) is 2. The summed E-state index contributed by atoms with van der Waals surface area (Å²) in [5.41, 5.74) is 6.76. The number of rotatable bonds is 2. The van der Waals surface area contributed by atoms with Gasteiger partial charge in [0.2, 0.25) is 0 Å². The van der Waals surface area contributed by atoms with E-state index in [0.29, 0.717) is 11.4 Å². The molecule has 17 heavy (non-hydrogen) atoms. The number of nitrogens with zero attached hydrogens (tertiary/aromatic N) is 2. The van der Waals surface area contributed by atoms with Gasteiger partial charge in [-0.15, -0.1) is 0 Å².